The van der Waals surface area contributed by atoms with E-state index in [2.05, 4.69) is 12.2 Å². The molecule has 0 aromatic carbocycles. The molecule has 0 radical (unpaired) electrons. The monoisotopic (exact) mass is 242 g/mol. The molecule has 0 bridgehead atoms. The van der Waals surface area contributed by atoms with Crippen LogP contribution in [0.5, 0.6) is 0 Å². The van der Waals surface area contributed by atoms with E-state index in [1.807, 2.05) is 6.92 Å². The third-order valence-corrected chi connectivity index (χ3v) is 3.59. The zero-order chi connectivity index (χ0) is 12.9. The number of carbonyl (C=O) groups is 2. The lowest BCUT2D eigenvalue weighted by Crippen LogP contribution is -2.43. The molecule has 0 aromatic heterocycles. The van der Waals surface area contributed by atoms with Gasteiger partial charge >= 0.3 is 12.0 Å². The molecular weight excluding hydrogens is 220 g/mol. The summed E-state index contributed by atoms with van der Waals surface area (Å²) >= 11 is 0. The van der Waals surface area contributed by atoms with Crippen molar-refractivity contribution >= 4 is 12.0 Å². The number of carbonyl (C=O) groups excluding carboxylic acids is 1. The van der Waals surface area contributed by atoms with Crippen LogP contribution in [0.15, 0.2) is 0 Å². The largest absolute Gasteiger partial charge is 0.481 e. The summed E-state index contributed by atoms with van der Waals surface area (Å²) in [5, 5.41) is 11.5. The Bertz CT molecular complexity index is 287. The predicted octanol–water partition coefficient (Wildman–Crippen LogP) is 1.68. The van der Waals surface area contributed by atoms with Crippen molar-refractivity contribution in [3.8, 4) is 0 Å². The van der Waals surface area contributed by atoms with Crippen molar-refractivity contribution in [1.29, 1.82) is 0 Å². The number of hydrogen-bond acceptors (Lipinski definition) is 2. The number of rotatable bonds is 7. The van der Waals surface area contributed by atoms with Gasteiger partial charge in [-0.1, -0.05) is 6.92 Å². The van der Waals surface area contributed by atoms with Crippen molar-refractivity contribution in [2.45, 2.75) is 39.5 Å². The average molecular weight is 242 g/mol. The minimum atomic E-state index is -0.872. The molecule has 2 amide bonds. The zero-order valence-corrected chi connectivity index (χ0v) is 10.7. The second kappa shape index (κ2) is 5.89. The van der Waals surface area contributed by atoms with Crippen LogP contribution in [-0.4, -0.2) is 41.6 Å². The third-order valence-electron chi connectivity index (χ3n) is 3.59. The highest BCUT2D eigenvalue weighted by Crippen LogP contribution is 2.47. The summed E-state index contributed by atoms with van der Waals surface area (Å²) in [6.45, 7) is 5.52. The molecule has 0 heterocycles. The molecule has 1 saturated carbocycles. The van der Waals surface area contributed by atoms with Gasteiger partial charge in [-0.05, 0) is 31.6 Å². The number of hydrogen-bond donors (Lipinski definition) is 2. The fourth-order valence-corrected chi connectivity index (χ4v) is 1.84. The van der Waals surface area contributed by atoms with E-state index in [0.29, 0.717) is 18.5 Å². The lowest BCUT2D eigenvalue weighted by atomic mass is 10.0. The molecule has 0 aliphatic heterocycles. The molecule has 1 rings (SSSR count). The van der Waals surface area contributed by atoms with E-state index < -0.39 is 5.97 Å². The van der Waals surface area contributed by atoms with Crippen molar-refractivity contribution in [1.82, 2.24) is 10.2 Å². The molecule has 2 N–H and O–H groups in total. The van der Waals surface area contributed by atoms with Crippen LogP contribution in [0.25, 0.3) is 0 Å². The first-order valence-corrected chi connectivity index (χ1v) is 6.27. The summed E-state index contributed by atoms with van der Waals surface area (Å²) < 4.78 is 0. The molecule has 0 saturated heterocycles. The van der Waals surface area contributed by atoms with E-state index in [0.717, 1.165) is 6.42 Å². The van der Waals surface area contributed by atoms with Crippen LogP contribution in [0.4, 0.5) is 4.79 Å². The quantitative estimate of drug-likeness (QED) is 0.713. The number of carboxylic acid groups (broad SMARTS) is 1. The van der Waals surface area contributed by atoms with Crippen molar-refractivity contribution in [2.24, 2.45) is 5.41 Å². The van der Waals surface area contributed by atoms with E-state index in [4.69, 9.17) is 5.11 Å². The summed E-state index contributed by atoms with van der Waals surface area (Å²) in [6, 6.07) is -0.145. The van der Waals surface area contributed by atoms with Gasteiger partial charge in [0.1, 0.15) is 0 Å². The first kappa shape index (κ1) is 13.8. The molecular formula is C12H22N2O3. The lowest BCUT2D eigenvalue weighted by Gasteiger charge is -2.22. The molecule has 17 heavy (non-hydrogen) atoms. The standard InChI is InChI=1S/C12H22N2O3/c1-3-12(6-7-12)9-13-11(17)14(4-2)8-5-10(15)16/h3-9H2,1-2H3,(H,13,17)(H,15,16). The maximum absolute atomic E-state index is 11.8. The Morgan fingerprint density at radius 1 is 1.35 bits per heavy atom. The lowest BCUT2D eigenvalue weighted by molar-refractivity contribution is -0.137. The van der Waals surface area contributed by atoms with Crippen LogP contribution in [0.2, 0.25) is 0 Å². The van der Waals surface area contributed by atoms with E-state index >= 15 is 0 Å². The van der Waals surface area contributed by atoms with Gasteiger partial charge in [-0.3, -0.25) is 4.79 Å². The molecule has 5 nitrogen and oxygen atoms in total. The Labute approximate surface area is 102 Å². The van der Waals surface area contributed by atoms with Gasteiger partial charge < -0.3 is 15.3 Å². The predicted molar refractivity (Wildman–Crippen MR) is 64.9 cm³/mol. The number of urea groups is 1. The van der Waals surface area contributed by atoms with Gasteiger partial charge in [0, 0.05) is 19.6 Å². The van der Waals surface area contributed by atoms with Crippen LogP contribution in [-0.2, 0) is 4.79 Å². The van der Waals surface area contributed by atoms with E-state index in [-0.39, 0.29) is 19.0 Å². The maximum atomic E-state index is 11.8. The second-order valence-electron chi connectivity index (χ2n) is 4.74. The molecule has 1 aliphatic rings. The normalized spacial score (nSPS) is 16.4. The summed E-state index contributed by atoms with van der Waals surface area (Å²) in [7, 11) is 0. The van der Waals surface area contributed by atoms with Crippen LogP contribution in [0.1, 0.15) is 39.5 Å². The highest BCUT2D eigenvalue weighted by Gasteiger charge is 2.40. The molecule has 5 heteroatoms. The summed E-state index contributed by atoms with van der Waals surface area (Å²) in [4.78, 5) is 23.8. The van der Waals surface area contributed by atoms with E-state index in [1.54, 1.807) is 4.90 Å². The van der Waals surface area contributed by atoms with E-state index in [1.165, 1.54) is 12.8 Å². The summed E-state index contributed by atoms with van der Waals surface area (Å²) in [6.07, 6.45) is 3.46. The van der Waals surface area contributed by atoms with Gasteiger partial charge in [-0.25, -0.2) is 4.79 Å². The molecule has 0 unspecified atom stereocenters. The zero-order valence-electron chi connectivity index (χ0n) is 10.7. The third kappa shape index (κ3) is 4.24. The summed E-state index contributed by atoms with van der Waals surface area (Å²) in [5.74, 6) is -0.872. The highest BCUT2D eigenvalue weighted by atomic mass is 16.4. The molecule has 1 fully saturated rings. The molecule has 0 spiro atoms. The topological polar surface area (TPSA) is 69.6 Å². The molecule has 0 aromatic rings. The Balaban J connectivity index is 2.30. The Morgan fingerprint density at radius 2 is 2.00 bits per heavy atom. The van der Waals surface area contributed by atoms with Crippen LogP contribution >= 0.6 is 0 Å². The average Bonchev–Trinajstić information content (AvgIpc) is 3.07. The van der Waals surface area contributed by atoms with Crippen molar-refractivity contribution in [2.75, 3.05) is 19.6 Å². The van der Waals surface area contributed by atoms with Gasteiger partial charge in [0.2, 0.25) is 0 Å². The second-order valence-corrected chi connectivity index (χ2v) is 4.74. The van der Waals surface area contributed by atoms with Crippen molar-refractivity contribution in [3.05, 3.63) is 0 Å². The molecule has 1 aliphatic carbocycles. The fourth-order valence-electron chi connectivity index (χ4n) is 1.84. The Hall–Kier alpha value is -1.26. The number of aliphatic carboxylic acids is 1. The van der Waals surface area contributed by atoms with Gasteiger partial charge in [-0.15, -0.1) is 0 Å². The minimum Gasteiger partial charge on any atom is -0.481 e. The highest BCUT2D eigenvalue weighted by molar-refractivity contribution is 5.75. The van der Waals surface area contributed by atoms with Crippen LogP contribution < -0.4 is 5.32 Å². The van der Waals surface area contributed by atoms with E-state index in [9.17, 15) is 9.59 Å². The molecule has 0 atom stereocenters. The van der Waals surface area contributed by atoms with Crippen LogP contribution in [0.3, 0.4) is 0 Å². The number of amides is 2. The minimum absolute atomic E-state index is 0.000179. The SMILES string of the molecule is CCN(CCC(=O)O)C(=O)NCC1(CC)CC1. The van der Waals surface area contributed by atoms with Crippen molar-refractivity contribution < 1.29 is 14.7 Å². The summed E-state index contributed by atoms with van der Waals surface area (Å²) in [5.41, 5.74) is 0.321. The smallest absolute Gasteiger partial charge is 0.317 e. The van der Waals surface area contributed by atoms with Gasteiger partial charge in [0.05, 0.1) is 6.42 Å². The van der Waals surface area contributed by atoms with Crippen molar-refractivity contribution in [3.63, 3.8) is 0 Å². The fraction of sp³-hybridized carbons (Fsp3) is 0.833. The van der Waals surface area contributed by atoms with Gasteiger partial charge in [0.15, 0.2) is 0 Å². The number of carboxylic acids is 1. The van der Waals surface area contributed by atoms with Gasteiger partial charge in [-0.2, -0.15) is 0 Å². The first-order chi connectivity index (χ1) is 8.03. The first-order valence-electron chi connectivity index (χ1n) is 6.27. The van der Waals surface area contributed by atoms with Crippen LogP contribution in [0, 0.1) is 5.41 Å². The number of nitrogens with one attached hydrogen (secondary N) is 1. The number of nitrogens with zero attached hydrogens (tertiary/aromatic N) is 1. The Morgan fingerprint density at radius 3 is 2.41 bits per heavy atom. The maximum Gasteiger partial charge on any atom is 0.317 e. The Kier molecular flexibility index (Phi) is 4.78. The molecule has 98 valence electrons. The van der Waals surface area contributed by atoms with Gasteiger partial charge in [0.25, 0.3) is 0 Å².